The first-order chi connectivity index (χ1) is 12.9. The molecule has 0 aliphatic rings. The second kappa shape index (κ2) is 7.75. The van der Waals surface area contributed by atoms with E-state index < -0.39 is 11.2 Å². The van der Waals surface area contributed by atoms with Crippen LogP contribution >= 0.6 is 11.8 Å². The summed E-state index contributed by atoms with van der Waals surface area (Å²) in [5.41, 5.74) is 2.86. The highest BCUT2D eigenvalue weighted by molar-refractivity contribution is 8.00. The number of aryl methyl sites for hydroxylation is 1. The van der Waals surface area contributed by atoms with Crippen molar-refractivity contribution in [2.24, 2.45) is 0 Å². The zero-order valence-electron chi connectivity index (χ0n) is 15.4. The van der Waals surface area contributed by atoms with Gasteiger partial charge in [-0.25, -0.2) is 9.78 Å². The minimum absolute atomic E-state index is 0.133. The number of ether oxygens (including phenoxy) is 1. The van der Waals surface area contributed by atoms with Gasteiger partial charge in [0.15, 0.2) is 11.6 Å². The van der Waals surface area contributed by atoms with Gasteiger partial charge in [0.25, 0.3) is 0 Å². The molecule has 0 aliphatic heterocycles. The number of pyridine rings is 1. The van der Waals surface area contributed by atoms with Gasteiger partial charge in [-0.15, -0.1) is 5.10 Å². The maximum absolute atomic E-state index is 12.8. The monoisotopic (exact) mass is 385 g/mol. The number of esters is 1. The molecule has 1 atom stereocenters. The largest absolute Gasteiger partial charge is 0.465 e. The molecule has 0 saturated carbocycles. The van der Waals surface area contributed by atoms with Gasteiger partial charge in [-0.2, -0.15) is 0 Å². The molecular formula is C18H19N5O3S. The van der Waals surface area contributed by atoms with E-state index in [4.69, 9.17) is 4.74 Å². The first kappa shape index (κ1) is 18.8. The summed E-state index contributed by atoms with van der Waals surface area (Å²) < 4.78 is 4.79. The van der Waals surface area contributed by atoms with Crippen LogP contribution in [0.15, 0.2) is 29.7 Å². The number of nitrogens with one attached hydrogen (secondary N) is 2. The van der Waals surface area contributed by atoms with Gasteiger partial charge in [-0.05, 0) is 38.5 Å². The summed E-state index contributed by atoms with van der Waals surface area (Å²) in [6.45, 7) is 5.25. The highest BCUT2D eigenvalue weighted by Crippen LogP contribution is 2.27. The van der Waals surface area contributed by atoms with Crippen molar-refractivity contribution < 1.29 is 14.3 Å². The fourth-order valence-corrected chi connectivity index (χ4v) is 3.54. The fourth-order valence-electron chi connectivity index (χ4n) is 2.76. The van der Waals surface area contributed by atoms with E-state index in [1.54, 1.807) is 33.2 Å². The van der Waals surface area contributed by atoms with Crippen molar-refractivity contribution in [3.63, 3.8) is 0 Å². The van der Waals surface area contributed by atoms with E-state index in [1.807, 2.05) is 12.1 Å². The topological polar surface area (TPSA) is 114 Å². The van der Waals surface area contributed by atoms with Crippen molar-refractivity contribution >= 4 is 23.5 Å². The molecule has 9 heteroatoms. The Bertz CT molecular complexity index is 980. The second-order valence-electron chi connectivity index (χ2n) is 5.94. The van der Waals surface area contributed by atoms with Gasteiger partial charge < -0.3 is 9.72 Å². The molecular weight excluding hydrogens is 366 g/mol. The Morgan fingerprint density at radius 2 is 1.93 bits per heavy atom. The van der Waals surface area contributed by atoms with E-state index in [9.17, 15) is 9.59 Å². The van der Waals surface area contributed by atoms with Crippen molar-refractivity contribution in [1.82, 2.24) is 25.1 Å². The van der Waals surface area contributed by atoms with E-state index in [0.29, 0.717) is 33.5 Å². The number of carbonyl (C=O) groups is 2. The average Bonchev–Trinajstić information content (AvgIpc) is 3.25. The molecule has 0 bridgehead atoms. The predicted molar refractivity (Wildman–Crippen MR) is 101 cm³/mol. The standard InChI is InChI=1S/C18H19N5O3S/c1-9-13(17(25)26-4)10(2)20-14(9)15(24)11(3)27-18-21-16(22-23-18)12-5-7-19-8-6-12/h5-8,11,20H,1-4H3,(H,21,22,23)/t11-/m1/s1. The Kier molecular flexibility index (Phi) is 5.41. The number of H-pyrrole nitrogens is 2. The smallest absolute Gasteiger partial charge is 0.339 e. The summed E-state index contributed by atoms with van der Waals surface area (Å²) in [4.78, 5) is 36.1. The molecule has 0 amide bonds. The number of nitrogens with zero attached hydrogens (tertiary/aromatic N) is 3. The Hall–Kier alpha value is -2.94. The molecule has 3 rings (SSSR count). The summed E-state index contributed by atoms with van der Waals surface area (Å²) in [6.07, 6.45) is 3.35. The first-order valence-corrected chi connectivity index (χ1v) is 9.11. The molecule has 0 spiro atoms. The SMILES string of the molecule is COC(=O)c1c(C)[nH]c(C(=O)[C@@H](C)Sc2n[nH]c(-c3ccncc3)n2)c1C. The number of rotatable bonds is 6. The summed E-state index contributed by atoms with van der Waals surface area (Å²) in [6, 6.07) is 3.64. The Balaban J connectivity index is 1.77. The van der Waals surface area contributed by atoms with Crippen LogP contribution in [-0.2, 0) is 4.74 Å². The number of aromatic amines is 2. The van der Waals surface area contributed by atoms with Crippen LogP contribution in [0.1, 0.15) is 39.0 Å². The third-order valence-corrected chi connectivity index (χ3v) is 5.10. The Morgan fingerprint density at radius 1 is 1.22 bits per heavy atom. The summed E-state index contributed by atoms with van der Waals surface area (Å²) in [5, 5.41) is 7.06. The molecule has 140 valence electrons. The van der Waals surface area contributed by atoms with E-state index in [0.717, 1.165) is 5.56 Å². The summed E-state index contributed by atoms with van der Waals surface area (Å²) in [7, 11) is 1.32. The van der Waals surface area contributed by atoms with E-state index in [-0.39, 0.29) is 5.78 Å². The zero-order chi connectivity index (χ0) is 19.6. The van der Waals surface area contributed by atoms with Gasteiger partial charge in [0.05, 0.1) is 23.6 Å². The van der Waals surface area contributed by atoms with Crippen molar-refractivity contribution in [3.8, 4) is 11.4 Å². The molecule has 3 aromatic heterocycles. The highest BCUT2D eigenvalue weighted by atomic mass is 32.2. The number of Topliss-reactive ketones (excluding diaryl/α,β-unsaturated/α-hetero) is 1. The summed E-state index contributed by atoms with van der Waals surface area (Å²) in [5.74, 6) is 0.0157. The molecule has 2 N–H and O–H groups in total. The van der Waals surface area contributed by atoms with Crippen molar-refractivity contribution in [3.05, 3.63) is 47.0 Å². The van der Waals surface area contributed by atoms with Crippen LogP contribution in [0.25, 0.3) is 11.4 Å². The van der Waals surface area contributed by atoms with Crippen LogP contribution in [0.3, 0.4) is 0 Å². The van der Waals surface area contributed by atoms with E-state index in [1.165, 1.54) is 18.9 Å². The lowest BCUT2D eigenvalue weighted by atomic mass is 10.1. The number of aromatic nitrogens is 5. The minimum atomic E-state index is -0.462. The average molecular weight is 385 g/mol. The number of ketones is 1. The molecule has 0 unspecified atom stereocenters. The lowest BCUT2D eigenvalue weighted by Gasteiger charge is -2.07. The van der Waals surface area contributed by atoms with Crippen LogP contribution in [0, 0.1) is 13.8 Å². The number of methoxy groups -OCH3 is 1. The molecule has 0 saturated heterocycles. The van der Waals surface area contributed by atoms with Crippen LogP contribution in [0.2, 0.25) is 0 Å². The fraction of sp³-hybridized carbons (Fsp3) is 0.278. The predicted octanol–water partition coefficient (Wildman–Crippen LogP) is 2.96. The third-order valence-electron chi connectivity index (χ3n) is 4.14. The van der Waals surface area contributed by atoms with Crippen LogP contribution in [-0.4, -0.2) is 49.3 Å². The number of hydrogen-bond acceptors (Lipinski definition) is 7. The Labute approximate surface area is 160 Å². The van der Waals surface area contributed by atoms with Gasteiger partial charge in [0.1, 0.15) is 0 Å². The molecule has 8 nitrogen and oxygen atoms in total. The maximum Gasteiger partial charge on any atom is 0.339 e. The zero-order valence-corrected chi connectivity index (χ0v) is 16.2. The van der Waals surface area contributed by atoms with Gasteiger partial charge >= 0.3 is 5.97 Å². The lowest BCUT2D eigenvalue weighted by molar-refractivity contribution is 0.0599. The van der Waals surface area contributed by atoms with Gasteiger partial charge in [0.2, 0.25) is 5.16 Å². The van der Waals surface area contributed by atoms with Gasteiger partial charge in [0, 0.05) is 23.7 Å². The number of hydrogen-bond donors (Lipinski definition) is 2. The van der Waals surface area contributed by atoms with E-state index >= 15 is 0 Å². The minimum Gasteiger partial charge on any atom is -0.465 e. The molecule has 3 aromatic rings. The lowest BCUT2D eigenvalue weighted by Crippen LogP contribution is -2.15. The molecule has 0 aromatic carbocycles. The van der Waals surface area contributed by atoms with Crippen molar-refractivity contribution in [2.75, 3.05) is 7.11 Å². The third kappa shape index (κ3) is 3.77. The van der Waals surface area contributed by atoms with Crippen molar-refractivity contribution in [1.29, 1.82) is 0 Å². The first-order valence-electron chi connectivity index (χ1n) is 8.23. The molecule has 3 heterocycles. The quantitative estimate of drug-likeness (QED) is 0.381. The van der Waals surface area contributed by atoms with Gasteiger partial charge in [-0.1, -0.05) is 11.8 Å². The summed E-state index contributed by atoms with van der Waals surface area (Å²) >= 11 is 1.25. The number of thioether (sulfide) groups is 1. The highest BCUT2D eigenvalue weighted by Gasteiger charge is 2.26. The number of carbonyl (C=O) groups excluding carboxylic acids is 2. The normalized spacial score (nSPS) is 12.0. The molecule has 0 aliphatic carbocycles. The van der Waals surface area contributed by atoms with Crippen LogP contribution in [0.4, 0.5) is 0 Å². The Morgan fingerprint density at radius 3 is 2.59 bits per heavy atom. The molecule has 27 heavy (non-hydrogen) atoms. The van der Waals surface area contributed by atoms with E-state index in [2.05, 4.69) is 25.1 Å². The molecule has 0 radical (unpaired) electrons. The van der Waals surface area contributed by atoms with Crippen molar-refractivity contribution in [2.45, 2.75) is 31.2 Å². The molecule has 0 fully saturated rings. The van der Waals surface area contributed by atoms with Gasteiger partial charge in [-0.3, -0.25) is 14.9 Å². The second-order valence-corrected chi connectivity index (χ2v) is 7.25. The van der Waals surface area contributed by atoms with Crippen LogP contribution in [0.5, 0.6) is 0 Å². The maximum atomic E-state index is 12.8. The van der Waals surface area contributed by atoms with Crippen LogP contribution < -0.4 is 0 Å².